The van der Waals surface area contributed by atoms with Gasteiger partial charge in [0.15, 0.2) is 5.82 Å². The number of aromatic nitrogens is 2. The van der Waals surface area contributed by atoms with E-state index in [1.807, 2.05) is 6.92 Å². The molecule has 0 spiro atoms. The van der Waals surface area contributed by atoms with E-state index in [2.05, 4.69) is 5.10 Å². The molecule has 3 N–H and O–H groups in total. The van der Waals surface area contributed by atoms with Gasteiger partial charge in [0.1, 0.15) is 4.90 Å². The van der Waals surface area contributed by atoms with Crippen LogP contribution in [0.15, 0.2) is 11.1 Å². The molecular weight excluding hydrogens is 256 g/mol. The van der Waals surface area contributed by atoms with Crippen LogP contribution in [0.25, 0.3) is 0 Å². The molecule has 1 saturated heterocycles. The Morgan fingerprint density at radius 2 is 2.33 bits per heavy atom. The molecule has 0 aliphatic carbocycles. The van der Waals surface area contributed by atoms with E-state index in [0.717, 1.165) is 6.42 Å². The summed E-state index contributed by atoms with van der Waals surface area (Å²) in [6, 6.07) is -0.348. The molecule has 0 bridgehead atoms. The SMILES string of the molecule is CCn1cc(S(=O)(=O)N2CCC[C@H]2CO)c(N)n1. The fourth-order valence-electron chi connectivity index (χ4n) is 2.21. The fraction of sp³-hybridized carbons (Fsp3) is 0.700. The molecule has 1 fully saturated rings. The van der Waals surface area contributed by atoms with Gasteiger partial charge in [0.25, 0.3) is 0 Å². The molecular formula is C10H18N4O3S. The highest BCUT2D eigenvalue weighted by molar-refractivity contribution is 7.89. The van der Waals surface area contributed by atoms with E-state index in [1.54, 1.807) is 0 Å². The van der Waals surface area contributed by atoms with E-state index in [1.165, 1.54) is 15.2 Å². The Kier molecular flexibility index (Phi) is 3.60. The van der Waals surface area contributed by atoms with Crippen LogP contribution in [0.4, 0.5) is 5.82 Å². The third kappa shape index (κ3) is 2.11. The molecule has 8 heteroatoms. The lowest BCUT2D eigenvalue weighted by molar-refractivity contribution is 0.213. The van der Waals surface area contributed by atoms with Crippen LogP contribution in [0.2, 0.25) is 0 Å². The molecule has 1 atom stereocenters. The summed E-state index contributed by atoms with van der Waals surface area (Å²) in [5, 5.41) is 13.2. The number of nitrogens with zero attached hydrogens (tertiary/aromatic N) is 3. The Balaban J connectivity index is 2.38. The van der Waals surface area contributed by atoms with Gasteiger partial charge in [-0.05, 0) is 19.8 Å². The van der Waals surface area contributed by atoms with Gasteiger partial charge in [0.2, 0.25) is 10.0 Å². The van der Waals surface area contributed by atoms with Crippen LogP contribution in [0, 0.1) is 0 Å². The molecule has 1 aliphatic heterocycles. The Bertz CT molecular complexity index is 525. The van der Waals surface area contributed by atoms with E-state index >= 15 is 0 Å². The van der Waals surface area contributed by atoms with Gasteiger partial charge in [-0.15, -0.1) is 0 Å². The number of anilines is 1. The number of hydrogen-bond acceptors (Lipinski definition) is 5. The number of hydrogen-bond donors (Lipinski definition) is 2. The Morgan fingerprint density at radius 3 is 2.89 bits per heavy atom. The molecule has 18 heavy (non-hydrogen) atoms. The third-order valence-electron chi connectivity index (χ3n) is 3.20. The summed E-state index contributed by atoms with van der Waals surface area (Å²) in [7, 11) is -3.65. The van der Waals surface area contributed by atoms with Crippen LogP contribution in [-0.4, -0.2) is 46.8 Å². The van der Waals surface area contributed by atoms with Crippen molar-refractivity contribution < 1.29 is 13.5 Å². The predicted octanol–water partition coefficient (Wildman–Crippen LogP) is -0.369. The van der Waals surface area contributed by atoms with Crippen molar-refractivity contribution in [2.75, 3.05) is 18.9 Å². The molecule has 0 unspecified atom stereocenters. The molecule has 0 radical (unpaired) electrons. The highest BCUT2D eigenvalue weighted by atomic mass is 32.2. The zero-order valence-electron chi connectivity index (χ0n) is 10.3. The van der Waals surface area contributed by atoms with Gasteiger partial charge in [-0.3, -0.25) is 4.68 Å². The number of nitrogen functional groups attached to an aromatic ring is 1. The van der Waals surface area contributed by atoms with Crippen LogP contribution >= 0.6 is 0 Å². The maximum atomic E-state index is 12.4. The summed E-state index contributed by atoms with van der Waals surface area (Å²) in [6.07, 6.45) is 2.88. The monoisotopic (exact) mass is 274 g/mol. The van der Waals surface area contributed by atoms with Crippen molar-refractivity contribution in [3.63, 3.8) is 0 Å². The van der Waals surface area contributed by atoms with Crippen molar-refractivity contribution in [2.45, 2.75) is 37.2 Å². The van der Waals surface area contributed by atoms with Crippen molar-refractivity contribution in [2.24, 2.45) is 0 Å². The molecule has 2 rings (SSSR count). The lowest BCUT2D eigenvalue weighted by atomic mass is 10.2. The maximum Gasteiger partial charge on any atom is 0.248 e. The summed E-state index contributed by atoms with van der Waals surface area (Å²) in [5.41, 5.74) is 5.66. The van der Waals surface area contributed by atoms with Crippen molar-refractivity contribution in [1.29, 1.82) is 0 Å². The molecule has 102 valence electrons. The van der Waals surface area contributed by atoms with E-state index in [4.69, 9.17) is 5.73 Å². The average Bonchev–Trinajstić information content (AvgIpc) is 2.94. The van der Waals surface area contributed by atoms with E-state index < -0.39 is 10.0 Å². The first-order valence-corrected chi connectivity index (χ1v) is 7.40. The minimum atomic E-state index is -3.65. The van der Waals surface area contributed by atoms with Gasteiger partial charge in [-0.2, -0.15) is 9.40 Å². The molecule has 1 aromatic rings. The summed E-state index contributed by atoms with van der Waals surface area (Å²) < 4.78 is 27.7. The highest BCUT2D eigenvalue weighted by Gasteiger charge is 2.36. The molecule has 0 saturated carbocycles. The smallest absolute Gasteiger partial charge is 0.248 e. The second-order valence-corrected chi connectivity index (χ2v) is 6.19. The normalized spacial score (nSPS) is 21.6. The van der Waals surface area contributed by atoms with Gasteiger partial charge in [-0.25, -0.2) is 8.42 Å². The topological polar surface area (TPSA) is 101 Å². The zero-order chi connectivity index (χ0) is 13.3. The van der Waals surface area contributed by atoms with Crippen molar-refractivity contribution in [3.05, 3.63) is 6.20 Å². The number of sulfonamides is 1. The van der Waals surface area contributed by atoms with E-state index in [-0.39, 0.29) is 23.4 Å². The average molecular weight is 274 g/mol. The van der Waals surface area contributed by atoms with E-state index in [0.29, 0.717) is 19.5 Å². The second-order valence-electron chi connectivity index (χ2n) is 4.33. The minimum Gasteiger partial charge on any atom is -0.395 e. The Hall–Kier alpha value is -1.12. The first-order valence-electron chi connectivity index (χ1n) is 5.96. The summed E-state index contributed by atoms with van der Waals surface area (Å²) in [5.74, 6) is 0.0143. The first kappa shape index (κ1) is 13.3. The summed E-state index contributed by atoms with van der Waals surface area (Å²) in [4.78, 5) is 0.0321. The van der Waals surface area contributed by atoms with E-state index in [9.17, 15) is 13.5 Å². The van der Waals surface area contributed by atoms with Crippen LogP contribution in [0.5, 0.6) is 0 Å². The van der Waals surface area contributed by atoms with Gasteiger partial charge in [0.05, 0.1) is 6.61 Å². The van der Waals surface area contributed by atoms with Crippen molar-refractivity contribution in [3.8, 4) is 0 Å². The van der Waals surface area contributed by atoms with Crippen molar-refractivity contribution >= 4 is 15.8 Å². The minimum absolute atomic E-state index is 0.0143. The first-order chi connectivity index (χ1) is 8.50. The van der Waals surface area contributed by atoms with Crippen LogP contribution < -0.4 is 5.73 Å². The quantitative estimate of drug-likeness (QED) is 0.780. The molecule has 2 heterocycles. The van der Waals surface area contributed by atoms with Crippen LogP contribution in [0.1, 0.15) is 19.8 Å². The second kappa shape index (κ2) is 4.87. The van der Waals surface area contributed by atoms with Crippen LogP contribution in [0.3, 0.4) is 0 Å². The van der Waals surface area contributed by atoms with Crippen LogP contribution in [-0.2, 0) is 16.6 Å². The maximum absolute atomic E-state index is 12.4. The Labute approximate surface area is 106 Å². The van der Waals surface area contributed by atoms with Gasteiger partial charge >= 0.3 is 0 Å². The lowest BCUT2D eigenvalue weighted by Crippen LogP contribution is -2.37. The number of nitrogens with two attached hydrogens (primary N) is 1. The summed E-state index contributed by atoms with van der Waals surface area (Å²) in [6.45, 7) is 2.67. The lowest BCUT2D eigenvalue weighted by Gasteiger charge is -2.21. The molecule has 0 amide bonds. The predicted molar refractivity (Wildman–Crippen MR) is 66.3 cm³/mol. The highest BCUT2D eigenvalue weighted by Crippen LogP contribution is 2.28. The largest absolute Gasteiger partial charge is 0.395 e. The molecule has 1 aromatic heterocycles. The number of aliphatic hydroxyl groups is 1. The summed E-state index contributed by atoms with van der Waals surface area (Å²) >= 11 is 0. The van der Waals surface area contributed by atoms with Gasteiger partial charge in [-0.1, -0.05) is 0 Å². The number of rotatable bonds is 4. The Morgan fingerprint density at radius 1 is 1.61 bits per heavy atom. The fourth-order valence-corrected chi connectivity index (χ4v) is 3.96. The molecule has 7 nitrogen and oxygen atoms in total. The third-order valence-corrected chi connectivity index (χ3v) is 5.17. The zero-order valence-corrected chi connectivity index (χ0v) is 11.1. The number of aryl methyl sites for hydroxylation is 1. The van der Waals surface area contributed by atoms with Crippen molar-refractivity contribution in [1.82, 2.24) is 14.1 Å². The number of aliphatic hydroxyl groups excluding tert-OH is 1. The molecule has 0 aromatic carbocycles. The van der Waals surface area contributed by atoms with Gasteiger partial charge in [0, 0.05) is 25.3 Å². The van der Waals surface area contributed by atoms with Gasteiger partial charge < -0.3 is 10.8 Å². The standard InChI is InChI=1S/C10H18N4O3S/c1-2-13-6-9(10(11)12-13)18(16,17)14-5-3-4-8(14)7-15/h6,8,15H,2-5,7H2,1H3,(H2,11,12)/t8-/m0/s1. The molecule has 1 aliphatic rings.